The summed E-state index contributed by atoms with van der Waals surface area (Å²) in [5, 5.41) is 9.76. The van der Waals surface area contributed by atoms with Gasteiger partial charge in [-0.1, -0.05) is 6.07 Å². The predicted molar refractivity (Wildman–Crippen MR) is 57.0 cm³/mol. The van der Waals surface area contributed by atoms with Crippen LogP contribution in [0.4, 0.5) is 5.69 Å². The number of phenols is 1. The van der Waals surface area contributed by atoms with Crippen LogP contribution in [-0.2, 0) is 12.8 Å². The molecule has 0 bridgehead atoms. The molecule has 0 atom stereocenters. The van der Waals surface area contributed by atoms with Crippen LogP contribution in [0.25, 0.3) is 0 Å². The lowest BCUT2D eigenvalue weighted by Crippen LogP contribution is -2.20. The van der Waals surface area contributed by atoms with Gasteiger partial charge >= 0.3 is 0 Å². The highest BCUT2D eigenvalue weighted by Crippen LogP contribution is 2.39. The monoisotopic (exact) mass is 189 g/mol. The van der Waals surface area contributed by atoms with E-state index in [-0.39, 0.29) is 0 Å². The van der Waals surface area contributed by atoms with Gasteiger partial charge in [0.15, 0.2) is 0 Å². The molecule has 0 fully saturated rings. The summed E-state index contributed by atoms with van der Waals surface area (Å²) in [5.74, 6) is 0.494. The number of benzene rings is 1. The van der Waals surface area contributed by atoms with Crippen LogP contribution in [0.3, 0.4) is 0 Å². The summed E-state index contributed by atoms with van der Waals surface area (Å²) in [6.45, 7) is 2.27. The maximum Gasteiger partial charge on any atom is 0.120 e. The highest BCUT2D eigenvalue weighted by molar-refractivity contribution is 5.68. The molecule has 2 nitrogen and oxygen atoms in total. The van der Waals surface area contributed by atoms with Gasteiger partial charge < -0.3 is 10.0 Å². The SMILES string of the molecule is Oc1ccc2c3c1CCN3CCCC2. The number of rotatable bonds is 0. The van der Waals surface area contributed by atoms with Gasteiger partial charge in [0.2, 0.25) is 0 Å². The second-order valence-corrected chi connectivity index (χ2v) is 4.27. The molecule has 1 N–H and O–H groups in total. The zero-order valence-corrected chi connectivity index (χ0v) is 8.29. The Morgan fingerprint density at radius 2 is 2.00 bits per heavy atom. The zero-order valence-electron chi connectivity index (χ0n) is 8.29. The molecule has 1 aromatic rings. The number of phenolic OH excluding ortho intramolecular Hbond substituents is 1. The Labute approximate surface area is 84.2 Å². The van der Waals surface area contributed by atoms with Crippen LogP contribution in [0.15, 0.2) is 12.1 Å². The van der Waals surface area contributed by atoms with E-state index in [1.165, 1.54) is 42.6 Å². The first-order chi connectivity index (χ1) is 6.86. The minimum Gasteiger partial charge on any atom is -0.508 e. The molecule has 74 valence electrons. The Morgan fingerprint density at radius 1 is 1.07 bits per heavy atom. The van der Waals surface area contributed by atoms with Gasteiger partial charge in [0.25, 0.3) is 0 Å². The molecule has 3 rings (SSSR count). The van der Waals surface area contributed by atoms with Crippen molar-refractivity contribution in [1.82, 2.24) is 0 Å². The summed E-state index contributed by atoms with van der Waals surface area (Å²) in [6.07, 6.45) is 4.77. The van der Waals surface area contributed by atoms with Crippen molar-refractivity contribution in [2.45, 2.75) is 25.7 Å². The molecule has 0 radical (unpaired) electrons. The first-order valence-electron chi connectivity index (χ1n) is 5.45. The molecule has 0 spiro atoms. The van der Waals surface area contributed by atoms with E-state index in [9.17, 15) is 5.11 Å². The molecule has 0 unspecified atom stereocenters. The topological polar surface area (TPSA) is 23.5 Å². The van der Waals surface area contributed by atoms with Gasteiger partial charge in [0, 0.05) is 24.3 Å². The van der Waals surface area contributed by atoms with Crippen LogP contribution >= 0.6 is 0 Å². The number of hydrogen-bond donors (Lipinski definition) is 1. The summed E-state index contributed by atoms with van der Waals surface area (Å²) < 4.78 is 0. The lowest BCUT2D eigenvalue weighted by atomic mass is 10.0. The maximum absolute atomic E-state index is 9.76. The van der Waals surface area contributed by atoms with E-state index in [4.69, 9.17) is 0 Å². The van der Waals surface area contributed by atoms with Gasteiger partial charge in [0.1, 0.15) is 5.75 Å². The molecule has 0 saturated carbocycles. The molecule has 1 aromatic carbocycles. The van der Waals surface area contributed by atoms with Crippen LogP contribution in [0.2, 0.25) is 0 Å². The fourth-order valence-corrected chi connectivity index (χ4v) is 2.72. The lowest BCUT2D eigenvalue weighted by Gasteiger charge is -2.18. The third kappa shape index (κ3) is 1.03. The predicted octanol–water partition coefficient (Wildman–Crippen LogP) is 2.09. The highest BCUT2D eigenvalue weighted by atomic mass is 16.3. The third-order valence-electron chi connectivity index (χ3n) is 3.41. The van der Waals surface area contributed by atoms with Crippen molar-refractivity contribution in [2.24, 2.45) is 0 Å². The van der Waals surface area contributed by atoms with E-state index in [0.717, 1.165) is 13.0 Å². The molecule has 2 heteroatoms. The quantitative estimate of drug-likeness (QED) is 0.675. The second-order valence-electron chi connectivity index (χ2n) is 4.27. The van der Waals surface area contributed by atoms with Crippen molar-refractivity contribution in [2.75, 3.05) is 18.0 Å². The van der Waals surface area contributed by atoms with Crippen molar-refractivity contribution >= 4 is 5.69 Å². The van der Waals surface area contributed by atoms with Gasteiger partial charge in [-0.25, -0.2) is 0 Å². The summed E-state index contributed by atoms with van der Waals surface area (Å²) in [7, 11) is 0. The van der Waals surface area contributed by atoms with Crippen molar-refractivity contribution in [3.63, 3.8) is 0 Å². The minimum atomic E-state index is 0.494. The molecule has 2 heterocycles. The number of aromatic hydroxyl groups is 1. The van der Waals surface area contributed by atoms with Gasteiger partial charge in [-0.3, -0.25) is 0 Å². The molecule has 0 saturated heterocycles. The van der Waals surface area contributed by atoms with Crippen LogP contribution in [-0.4, -0.2) is 18.2 Å². The van der Waals surface area contributed by atoms with E-state index in [0.29, 0.717) is 5.75 Å². The van der Waals surface area contributed by atoms with E-state index in [1.54, 1.807) is 0 Å². The molecule has 0 amide bonds. The molecule has 0 aromatic heterocycles. The van der Waals surface area contributed by atoms with Crippen LogP contribution in [0.1, 0.15) is 24.0 Å². The molecule has 0 aliphatic carbocycles. The molecule has 2 aliphatic rings. The van der Waals surface area contributed by atoms with Crippen LogP contribution in [0, 0.1) is 0 Å². The first kappa shape index (κ1) is 8.16. The number of anilines is 1. The highest BCUT2D eigenvalue weighted by Gasteiger charge is 2.26. The Hall–Kier alpha value is -1.18. The largest absolute Gasteiger partial charge is 0.508 e. The van der Waals surface area contributed by atoms with E-state index < -0.39 is 0 Å². The minimum absolute atomic E-state index is 0.494. The molecule has 2 aliphatic heterocycles. The first-order valence-corrected chi connectivity index (χ1v) is 5.45. The second kappa shape index (κ2) is 2.91. The van der Waals surface area contributed by atoms with Crippen molar-refractivity contribution < 1.29 is 5.11 Å². The molecular formula is C12H15NO. The number of hydrogen-bond acceptors (Lipinski definition) is 2. The third-order valence-corrected chi connectivity index (χ3v) is 3.41. The van der Waals surface area contributed by atoms with Gasteiger partial charge in [0.05, 0.1) is 0 Å². The number of nitrogens with zero attached hydrogens (tertiary/aromatic N) is 1. The molecule has 14 heavy (non-hydrogen) atoms. The Morgan fingerprint density at radius 3 is 2.93 bits per heavy atom. The summed E-state index contributed by atoms with van der Waals surface area (Å²) >= 11 is 0. The van der Waals surface area contributed by atoms with E-state index in [2.05, 4.69) is 11.0 Å². The standard InChI is InChI=1S/C12H15NO/c14-11-5-4-9-3-1-2-7-13-8-6-10(11)12(9)13/h4-5,14H,1-3,6-8H2. The van der Waals surface area contributed by atoms with E-state index >= 15 is 0 Å². The smallest absolute Gasteiger partial charge is 0.120 e. The lowest BCUT2D eigenvalue weighted by molar-refractivity contribution is 0.470. The average Bonchev–Trinajstić information content (AvgIpc) is 2.51. The average molecular weight is 189 g/mol. The summed E-state index contributed by atoms with van der Waals surface area (Å²) in [4.78, 5) is 2.44. The normalized spacial score (nSPS) is 19.3. The van der Waals surface area contributed by atoms with Gasteiger partial charge in [-0.2, -0.15) is 0 Å². The zero-order chi connectivity index (χ0) is 9.54. The van der Waals surface area contributed by atoms with Crippen LogP contribution in [0.5, 0.6) is 5.75 Å². The van der Waals surface area contributed by atoms with Crippen molar-refractivity contribution in [1.29, 1.82) is 0 Å². The van der Waals surface area contributed by atoms with Crippen molar-refractivity contribution in [3.8, 4) is 5.75 Å². The Balaban J connectivity index is 2.20. The maximum atomic E-state index is 9.76. The summed E-state index contributed by atoms with van der Waals surface area (Å²) in [5.41, 5.74) is 3.97. The Bertz CT molecular complexity index is 373. The Kier molecular flexibility index (Phi) is 1.69. The van der Waals surface area contributed by atoms with Gasteiger partial charge in [-0.15, -0.1) is 0 Å². The number of aryl methyl sites for hydroxylation is 1. The fourth-order valence-electron chi connectivity index (χ4n) is 2.72. The molecular weight excluding hydrogens is 174 g/mol. The van der Waals surface area contributed by atoms with Crippen LogP contribution < -0.4 is 4.90 Å². The van der Waals surface area contributed by atoms with Crippen molar-refractivity contribution in [3.05, 3.63) is 23.3 Å². The fraction of sp³-hybridized carbons (Fsp3) is 0.500. The summed E-state index contributed by atoms with van der Waals surface area (Å²) in [6, 6.07) is 3.96. The van der Waals surface area contributed by atoms with Gasteiger partial charge in [-0.05, 0) is 37.3 Å². The van der Waals surface area contributed by atoms with E-state index in [1.807, 2.05) is 6.07 Å².